The van der Waals surface area contributed by atoms with Crippen molar-refractivity contribution in [3.63, 3.8) is 0 Å². The first kappa shape index (κ1) is 13.6. The van der Waals surface area contributed by atoms with Gasteiger partial charge in [0.15, 0.2) is 0 Å². The number of halogens is 3. The molecule has 0 bridgehead atoms. The highest BCUT2D eigenvalue weighted by Crippen LogP contribution is 2.23. The van der Waals surface area contributed by atoms with Crippen LogP contribution in [0.1, 0.15) is 0 Å². The van der Waals surface area contributed by atoms with E-state index < -0.39 is 0 Å². The summed E-state index contributed by atoms with van der Waals surface area (Å²) in [5, 5.41) is 13.1. The Hall–Kier alpha value is -0.850. The third-order valence-electron chi connectivity index (χ3n) is 2.11. The summed E-state index contributed by atoms with van der Waals surface area (Å²) in [5.41, 5.74) is 0.792. The Morgan fingerprint density at radius 2 is 1.89 bits per heavy atom. The van der Waals surface area contributed by atoms with Crippen LogP contribution in [0.5, 0.6) is 0 Å². The van der Waals surface area contributed by atoms with Gasteiger partial charge < -0.3 is 10.4 Å². The van der Waals surface area contributed by atoms with E-state index in [4.69, 9.17) is 23.2 Å². The smallest absolute Gasteiger partial charge is 0.259 e. The summed E-state index contributed by atoms with van der Waals surface area (Å²) >= 11 is 11.4. The van der Waals surface area contributed by atoms with Gasteiger partial charge in [0.25, 0.3) is 5.91 Å². The number of hydrogen-bond acceptors (Lipinski definition) is 2. The summed E-state index contributed by atoms with van der Waals surface area (Å²) in [6.07, 6.45) is 1.55. The molecular weight excluding hydrogens is 388 g/mol. The van der Waals surface area contributed by atoms with E-state index in [9.17, 15) is 9.90 Å². The van der Waals surface area contributed by atoms with Crippen molar-refractivity contribution < 1.29 is 9.90 Å². The minimum absolute atomic E-state index is 0.0217. The molecule has 1 aromatic rings. The molecule has 2 N–H and O–H groups in total. The highest BCUT2D eigenvalue weighted by atomic mass is 127. The van der Waals surface area contributed by atoms with Gasteiger partial charge in [0.05, 0.1) is 5.57 Å². The molecule has 0 saturated carbocycles. The topological polar surface area (TPSA) is 49.3 Å². The second kappa shape index (κ2) is 5.86. The summed E-state index contributed by atoms with van der Waals surface area (Å²) < 4.78 is 3.64. The number of benzene rings is 1. The zero-order valence-corrected chi connectivity index (χ0v) is 12.6. The Kier molecular flexibility index (Phi) is 4.42. The number of allylic oxidation sites excluding steroid dienone is 1. The first-order valence-electron chi connectivity index (χ1n) is 4.88. The molecule has 2 rings (SSSR count). The maximum absolute atomic E-state index is 11.9. The van der Waals surface area contributed by atoms with Gasteiger partial charge in [-0.1, -0.05) is 43.9 Å². The summed E-state index contributed by atoms with van der Waals surface area (Å²) in [6.45, 7) is 0. The molecular formula is C12H8Cl2INO2. The van der Waals surface area contributed by atoms with Crippen LogP contribution in [0.25, 0.3) is 0 Å². The number of rotatable bonds is 2. The molecule has 0 aliphatic carbocycles. The van der Waals surface area contributed by atoms with Crippen LogP contribution < -0.4 is 5.32 Å². The first-order chi connectivity index (χ1) is 8.56. The average molecular weight is 396 g/mol. The molecule has 6 heteroatoms. The number of carbonyl (C=O) groups excluding carboxylic acids is 1. The molecule has 0 saturated heterocycles. The van der Waals surface area contributed by atoms with Crippen molar-refractivity contribution in [2.45, 2.75) is 0 Å². The Morgan fingerprint density at radius 3 is 2.50 bits per heavy atom. The number of hydrogen-bond donors (Lipinski definition) is 2. The van der Waals surface area contributed by atoms with Crippen molar-refractivity contribution in [1.82, 2.24) is 0 Å². The lowest BCUT2D eigenvalue weighted by Gasteiger charge is -2.09. The minimum atomic E-state index is -0.366. The largest absolute Gasteiger partial charge is 0.507 e. The number of carbonyl (C=O) groups is 1. The molecule has 1 amide bonds. The highest BCUT2D eigenvalue weighted by Gasteiger charge is 2.13. The first-order valence-corrected chi connectivity index (χ1v) is 8.13. The second-order valence-corrected chi connectivity index (χ2v) is 6.37. The Morgan fingerprint density at radius 1 is 1.22 bits per heavy atom. The number of anilines is 1. The number of nitrogens with one attached hydrogen (secondary N) is 1. The molecule has 0 radical (unpaired) electrons. The van der Waals surface area contributed by atoms with Gasteiger partial charge in [0.2, 0.25) is 0 Å². The molecule has 18 heavy (non-hydrogen) atoms. The van der Waals surface area contributed by atoms with Crippen LogP contribution in [0, 0.1) is 0 Å². The average Bonchev–Trinajstić information content (AvgIpc) is 2.27. The van der Waals surface area contributed by atoms with Crippen molar-refractivity contribution in [1.29, 1.82) is 0 Å². The Balaban J connectivity index is 2.22. The lowest BCUT2D eigenvalue weighted by atomic mass is 10.2. The van der Waals surface area contributed by atoms with Gasteiger partial charge in [-0.05, 0) is 32.4 Å². The molecule has 0 atom stereocenters. The molecule has 0 fully saturated rings. The van der Waals surface area contributed by atoms with Gasteiger partial charge in [-0.2, -0.15) is 0 Å². The standard InChI is InChI=1S/C12H8Cl2INO2/c13-7-3-8(14)5-9(4-7)16-12(18)10-6-15-2-1-11(10)17/h1-6,17H,(H,16,18). The van der Waals surface area contributed by atoms with E-state index in [-0.39, 0.29) is 32.4 Å². The number of aliphatic hydroxyl groups excluding tert-OH is 1. The zero-order chi connectivity index (χ0) is 13.1. The van der Waals surface area contributed by atoms with Crippen molar-refractivity contribution in [3.8, 4) is 0 Å². The molecule has 1 aliphatic heterocycles. The number of aliphatic hydroxyl groups is 1. The summed E-state index contributed by atoms with van der Waals surface area (Å²) in [4.78, 5) is 11.9. The SMILES string of the molecule is O=C(Nc1cc(Cl)cc(Cl)c1)C1=C(O)C=CI=C1. The van der Waals surface area contributed by atoms with Crippen LogP contribution in [-0.2, 0) is 4.79 Å². The van der Waals surface area contributed by atoms with Gasteiger partial charge >= 0.3 is 0 Å². The summed E-state index contributed by atoms with van der Waals surface area (Å²) in [7, 11) is 0. The maximum atomic E-state index is 11.9. The van der Waals surface area contributed by atoms with Crippen LogP contribution in [-0.4, -0.2) is 15.0 Å². The molecule has 1 aromatic carbocycles. The lowest BCUT2D eigenvalue weighted by Crippen LogP contribution is -2.17. The van der Waals surface area contributed by atoms with Gasteiger partial charge in [-0.3, -0.25) is 4.79 Å². The number of amides is 1. The Bertz CT molecular complexity index is 573. The van der Waals surface area contributed by atoms with E-state index in [2.05, 4.69) is 5.32 Å². The molecule has 94 valence electrons. The molecule has 3 nitrogen and oxygen atoms in total. The zero-order valence-electron chi connectivity index (χ0n) is 8.95. The Labute approximate surface area is 124 Å². The second-order valence-electron chi connectivity index (χ2n) is 3.44. The third kappa shape index (κ3) is 3.34. The van der Waals surface area contributed by atoms with E-state index in [1.807, 2.05) is 4.08 Å². The molecule has 0 aromatic heterocycles. The van der Waals surface area contributed by atoms with Crippen LogP contribution >= 0.6 is 43.9 Å². The molecule has 1 heterocycles. The summed E-state index contributed by atoms with van der Waals surface area (Å²) in [6, 6.07) is 4.77. The van der Waals surface area contributed by atoms with Crippen molar-refractivity contribution in [2.75, 3.05) is 5.32 Å². The lowest BCUT2D eigenvalue weighted by molar-refractivity contribution is -0.112. The molecule has 0 spiro atoms. The van der Waals surface area contributed by atoms with Crippen LogP contribution in [0.15, 0.2) is 39.7 Å². The fourth-order valence-electron chi connectivity index (χ4n) is 1.33. The minimum Gasteiger partial charge on any atom is -0.507 e. The van der Waals surface area contributed by atoms with Crippen LogP contribution in [0.3, 0.4) is 0 Å². The third-order valence-corrected chi connectivity index (χ3v) is 4.30. The van der Waals surface area contributed by atoms with Crippen LogP contribution in [0.2, 0.25) is 10.0 Å². The maximum Gasteiger partial charge on any atom is 0.259 e. The van der Waals surface area contributed by atoms with Gasteiger partial charge in [0.1, 0.15) is 5.76 Å². The van der Waals surface area contributed by atoms with Crippen LogP contribution in [0.4, 0.5) is 5.69 Å². The van der Waals surface area contributed by atoms with Crippen molar-refractivity contribution >= 4 is 59.5 Å². The van der Waals surface area contributed by atoms with E-state index in [0.717, 1.165) is 0 Å². The highest BCUT2D eigenvalue weighted by molar-refractivity contribution is 14.2. The van der Waals surface area contributed by atoms with E-state index >= 15 is 0 Å². The molecule has 0 unspecified atom stereocenters. The van der Waals surface area contributed by atoms with Gasteiger partial charge in [-0.25, -0.2) is 0 Å². The molecule has 1 aliphatic rings. The summed E-state index contributed by atoms with van der Waals surface area (Å²) in [5.74, 6) is -0.388. The van der Waals surface area contributed by atoms with E-state index in [0.29, 0.717) is 21.3 Å². The van der Waals surface area contributed by atoms with Crippen molar-refractivity contribution in [3.05, 3.63) is 49.7 Å². The van der Waals surface area contributed by atoms with Gasteiger partial charge in [-0.15, -0.1) is 0 Å². The van der Waals surface area contributed by atoms with Gasteiger partial charge in [0, 0.05) is 15.7 Å². The van der Waals surface area contributed by atoms with E-state index in [1.54, 1.807) is 28.3 Å². The fourth-order valence-corrected chi connectivity index (χ4v) is 3.57. The van der Waals surface area contributed by atoms with E-state index in [1.165, 1.54) is 0 Å². The fraction of sp³-hybridized carbons (Fsp3) is 0. The quantitative estimate of drug-likeness (QED) is 0.742. The monoisotopic (exact) mass is 395 g/mol. The van der Waals surface area contributed by atoms with Crippen molar-refractivity contribution in [2.24, 2.45) is 0 Å². The predicted octanol–water partition coefficient (Wildman–Crippen LogP) is 4.04. The normalized spacial score (nSPS) is 14.3. The predicted molar refractivity (Wildman–Crippen MR) is 84.0 cm³/mol.